The van der Waals surface area contributed by atoms with Crippen molar-refractivity contribution in [3.05, 3.63) is 35.9 Å². The molecule has 1 heterocycles. The van der Waals surface area contributed by atoms with Crippen LogP contribution >= 0.6 is 0 Å². The van der Waals surface area contributed by atoms with Gasteiger partial charge in [-0.2, -0.15) is 5.26 Å². The summed E-state index contributed by atoms with van der Waals surface area (Å²) in [6.07, 6.45) is 1.70. The molecule has 1 saturated heterocycles. The summed E-state index contributed by atoms with van der Waals surface area (Å²) >= 11 is 0. The second-order valence-electron chi connectivity index (χ2n) is 4.74. The SMILES string of the molecule is CN1CCC(NC(CC#N)c2ccccc2)C1. The van der Waals surface area contributed by atoms with E-state index in [-0.39, 0.29) is 6.04 Å². The molecule has 1 N–H and O–H groups in total. The average molecular weight is 229 g/mol. The summed E-state index contributed by atoms with van der Waals surface area (Å²) in [7, 11) is 2.14. The van der Waals surface area contributed by atoms with E-state index in [1.807, 2.05) is 18.2 Å². The van der Waals surface area contributed by atoms with Crippen LogP contribution in [-0.2, 0) is 0 Å². The molecule has 1 aliphatic heterocycles. The molecule has 3 nitrogen and oxygen atoms in total. The molecule has 17 heavy (non-hydrogen) atoms. The summed E-state index contributed by atoms with van der Waals surface area (Å²) in [4.78, 5) is 2.33. The minimum Gasteiger partial charge on any atom is -0.305 e. The summed E-state index contributed by atoms with van der Waals surface area (Å²) in [5.41, 5.74) is 1.21. The Hall–Kier alpha value is -1.37. The number of likely N-dealkylation sites (N-methyl/N-ethyl adjacent to an activating group) is 1. The van der Waals surface area contributed by atoms with Gasteiger partial charge >= 0.3 is 0 Å². The van der Waals surface area contributed by atoms with Gasteiger partial charge in [0.05, 0.1) is 12.5 Å². The van der Waals surface area contributed by atoms with Gasteiger partial charge in [-0.05, 0) is 25.6 Å². The fourth-order valence-corrected chi connectivity index (χ4v) is 2.41. The van der Waals surface area contributed by atoms with E-state index in [0.29, 0.717) is 12.5 Å². The van der Waals surface area contributed by atoms with Crippen LogP contribution in [0.15, 0.2) is 30.3 Å². The third-order valence-electron chi connectivity index (χ3n) is 3.33. The monoisotopic (exact) mass is 229 g/mol. The highest BCUT2D eigenvalue weighted by Gasteiger charge is 2.22. The van der Waals surface area contributed by atoms with Crippen molar-refractivity contribution < 1.29 is 0 Å². The van der Waals surface area contributed by atoms with Gasteiger partial charge in [-0.25, -0.2) is 0 Å². The van der Waals surface area contributed by atoms with Gasteiger partial charge in [0.25, 0.3) is 0 Å². The molecule has 1 aromatic carbocycles. The van der Waals surface area contributed by atoms with E-state index < -0.39 is 0 Å². The Kier molecular flexibility index (Phi) is 4.13. The lowest BCUT2D eigenvalue weighted by molar-refractivity contribution is 0.383. The molecule has 2 rings (SSSR count). The van der Waals surface area contributed by atoms with Crippen LogP contribution in [0.5, 0.6) is 0 Å². The molecule has 0 spiro atoms. The molecule has 1 aromatic rings. The topological polar surface area (TPSA) is 39.1 Å². The Balaban J connectivity index is 2.01. The molecule has 0 aliphatic carbocycles. The van der Waals surface area contributed by atoms with Gasteiger partial charge in [-0.3, -0.25) is 0 Å². The number of nitrogens with zero attached hydrogens (tertiary/aromatic N) is 2. The second kappa shape index (κ2) is 5.81. The highest BCUT2D eigenvalue weighted by molar-refractivity contribution is 5.20. The molecular weight excluding hydrogens is 210 g/mol. The van der Waals surface area contributed by atoms with Crippen molar-refractivity contribution in [1.82, 2.24) is 10.2 Å². The van der Waals surface area contributed by atoms with Gasteiger partial charge in [0.2, 0.25) is 0 Å². The maximum Gasteiger partial charge on any atom is 0.0641 e. The van der Waals surface area contributed by atoms with Crippen molar-refractivity contribution in [3.8, 4) is 6.07 Å². The first-order valence-corrected chi connectivity index (χ1v) is 6.16. The van der Waals surface area contributed by atoms with E-state index in [1.165, 1.54) is 12.0 Å². The van der Waals surface area contributed by atoms with Crippen LogP contribution in [0.2, 0.25) is 0 Å². The normalized spacial score (nSPS) is 22.2. The number of likely N-dealkylation sites (tertiary alicyclic amines) is 1. The number of nitrogens with one attached hydrogen (secondary N) is 1. The Morgan fingerprint density at radius 1 is 1.47 bits per heavy atom. The quantitative estimate of drug-likeness (QED) is 0.857. The van der Waals surface area contributed by atoms with Crippen molar-refractivity contribution in [3.63, 3.8) is 0 Å². The standard InChI is InChI=1S/C14H19N3/c1-17-10-8-13(11-17)16-14(7-9-15)12-5-3-2-4-6-12/h2-6,13-14,16H,7-8,10-11H2,1H3. The Morgan fingerprint density at radius 3 is 2.82 bits per heavy atom. The van der Waals surface area contributed by atoms with E-state index >= 15 is 0 Å². The molecule has 1 aliphatic rings. The van der Waals surface area contributed by atoms with Crippen LogP contribution in [0.25, 0.3) is 0 Å². The first kappa shape index (κ1) is 12.1. The molecule has 0 saturated carbocycles. The lowest BCUT2D eigenvalue weighted by atomic mass is 10.0. The lowest BCUT2D eigenvalue weighted by Crippen LogP contribution is -2.34. The molecular formula is C14H19N3. The predicted molar refractivity (Wildman–Crippen MR) is 68.5 cm³/mol. The predicted octanol–water partition coefficient (Wildman–Crippen LogP) is 1.94. The van der Waals surface area contributed by atoms with Gasteiger partial charge in [0, 0.05) is 18.6 Å². The molecule has 0 amide bonds. The zero-order chi connectivity index (χ0) is 12.1. The minimum atomic E-state index is 0.165. The Bertz CT molecular complexity index is 382. The highest BCUT2D eigenvalue weighted by Crippen LogP contribution is 2.19. The summed E-state index contributed by atoms with van der Waals surface area (Å²) in [5.74, 6) is 0. The fraction of sp³-hybridized carbons (Fsp3) is 0.500. The number of rotatable bonds is 4. The number of benzene rings is 1. The van der Waals surface area contributed by atoms with Crippen LogP contribution in [0.3, 0.4) is 0 Å². The van der Waals surface area contributed by atoms with Crippen molar-refractivity contribution in [2.75, 3.05) is 20.1 Å². The van der Waals surface area contributed by atoms with E-state index in [9.17, 15) is 0 Å². The van der Waals surface area contributed by atoms with Gasteiger partial charge in [0.15, 0.2) is 0 Å². The van der Waals surface area contributed by atoms with Crippen LogP contribution in [0, 0.1) is 11.3 Å². The van der Waals surface area contributed by atoms with Crippen molar-refractivity contribution in [1.29, 1.82) is 5.26 Å². The lowest BCUT2D eigenvalue weighted by Gasteiger charge is -2.21. The summed E-state index contributed by atoms with van der Waals surface area (Å²) in [5, 5.41) is 12.5. The maximum absolute atomic E-state index is 8.92. The third kappa shape index (κ3) is 3.29. The molecule has 2 unspecified atom stereocenters. The maximum atomic E-state index is 8.92. The van der Waals surface area contributed by atoms with Crippen molar-refractivity contribution >= 4 is 0 Å². The molecule has 0 bridgehead atoms. The Labute approximate surface area is 103 Å². The van der Waals surface area contributed by atoms with Gasteiger partial charge in [0.1, 0.15) is 0 Å². The van der Waals surface area contributed by atoms with E-state index in [4.69, 9.17) is 5.26 Å². The van der Waals surface area contributed by atoms with Gasteiger partial charge < -0.3 is 10.2 Å². The third-order valence-corrected chi connectivity index (χ3v) is 3.33. The zero-order valence-corrected chi connectivity index (χ0v) is 10.3. The summed E-state index contributed by atoms with van der Waals surface area (Å²) in [6, 6.07) is 13.2. The van der Waals surface area contributed by atoms with Crippen LogP contribution < -0.4 is 5.32 Å². The van der Waals surface area contributed by atoms with Crippen LogP contribution in [-0.4, -0.2) is 31.1 Å². The first-order chi connectivity index (χ1) is 8.29. The van der Waals surface area contributed by atoms with Crippen LogP contribution in [0.1, 0.15) is 24.4 Å². The molecule has 0 aromatic heterocycles. The average Bonchev–Trinajstić information content (AvgIpc) is 2.75. The number of hydrogen-bond acceptors (Lipinski definition) is 3. The number of hydrogen-bond donors (Lipinski definition) is 1. The largest absolute Gasteiger partial charge is 0.305 e. The highest BCUT2D eigenvalue weighted by atomic mass is 15.2. The van der Waals surface area contributed by atoms with Crippen molar-refractivity contribution in [2.24, 2.45) is 0 Å². The van der Waals surface area contributed by atoms with Crippen molar-refractivity contribution in [2.45, 2.75) is 24.9 Å². The molecule has 90 valence electrons. The summed E-state index contributed by atoms with van der Waals surface area (Å²) in [6.45, 7) is 2.22. The van der Waals surface area contributed by atoms with Gasteiger partial charge in [-0.15, -0.1) is 0 Å². The Morgan fingerprint density at radius 2 is 2.24 bits per heavy atom. The first-order valence-electron chi connectivity index (χ1n) is 6.16. The fourth-order valence-electron chi connectivity index (χ4n) is 2.41. The number of nitriles is 1. The zero-order valence-electron chi connectivity index (χ0n) is 10.3. The molecule has 0 radical (unpaired) electrons. The van der Waals surface area contributed by atoms with E-state index in [2.05, 4.69) is 35.5 Å². The molecule has 3 heteroatoms. The molecule has 1 fully saturated rings. The van der Waals surface area contributed by atoms with E-state index in [1.54, 1.807) is 0 Å². The second-order valence-corrected chi connectivity index (χ2v) is 4.74. The summed E-state index contributed by atoms with van der Waals surface area (Å²) < 4.78 is 0. The molecule has 2 atom stereocenters. The smallest absolute Gasteiger partial charge is 0.0641 e. The van der Waals surface area contributed by atoms with Gasteiger partial charge in [-0.1, -0.05) is 30.3 Å². The van der Waals surface area contributed by atoms with Crippen LogP contribution in [0.4, 0.5) is 0 Å². The minimum absolute atomic E-state index is 0.165. The van der Waals surface area contributed by atoms with E-state index in [0.717, 1.165) is 13.1 Å².